The SMILES string of the molecule is CN(C(=O)c1cccs1)c1ccccc1C(=O)N1CCN(Cc2ccc(C(F)(F)F)cc2)CC1. The lowest BCUT2D eigenvalue weighted by atomic mass is 10.1. The molecule has 1 aromatic heterocycles. The second-order valence-corrected chi connectivity index (χ2v) is 9.07. The van der Waals surface area contributed by atoms with Gasteiger partial charge < -0.3 is 9.80 Å². The maximum atomic E-state index is 13.3. The Balaban J connectivity index is 1.39. The molecule has 0 aliphatic carbocycles. The molecular formula is C25H24F3N3O2S. The molecule has 1 saturated heterocycles. The predicted octanol–water partition coefficient (Wildman–Crippen LogP) is 5.00. The Morgan fingerprint density at radius 3 is 2.24 bits per heavy atom. The molecule has 4 rings (SSSR count). The first-order chi connectivity index (χ1) is 16.2. The van der Waals surface area contributed by atoms with Gasteiger partial charge in [-0.25, -0.2) is 0 Å². The van der Waals surface area contributed by atoms with Crippen LogP contribution in [0.2, 0.25) is 0 Å². The second kappa shape index (κ2) is 9.99. The van der Waals surface area contributed by atoms with Crippen molar-refractivity contribution in [2.24, 2.45) is 0 Å². The van der Waals surface area contributed by atoms with Gasteiger partial charge in [-0.3, -0.25) is 14.5 Å². The first-order valence-electron chi connectivity index (χ1n) is 10.8. The van der Waals surface area contributed by atoms with Crippen LogP contribution in [0.15, 0.2) is 66.0 Å². The summed E-state index contributed by atoms with van der Waals surface area (Å²) in [7, 11) is 1.66. The minimum Gasteiger partial charge on any atom is -0.336 e. The van der Waals surface area contributed by atoms with Gasteiger partial charge in [0.1, 0.15) is 0 Å². The smallest absolute Gasteiger partial charge is 0.336 e. The molecule has 2 aromatic carbocycles. The fourth-order valence-electron chi connectivity index (χ4n) is 3.96. The third kappa shape index (κ3) is 5.31. The zero-order chi connectivity index (χ0) is 24.3. The number of rotatable bonds is 5. The number of hydrogen-bond acceptors (Lipinski definition) is 4. The Kier molecular flexibility index (Phi) is 7.04. The van der Waals surface area contributed by atoms with Crippen LogP contribution in [0.5, 0.6) is 0 Å². The van der Waals surface area contributed by atoms with Crippen LogP contribution < -0.4 is 4.90 Å². The average Bonchev–Trinajstić information content (AvgIpc) is 3.38. The molecule has 1 aliphatic rings. The van der Waals surface area contributed by atoms with E-state index >= 15 is 0 Å². The number of anilines is 1. The van der Waals surface area contributed by atoms with Crippen LogP contribution in [-0.4, -0.2) is 54.8 Å². The van der Waals surface area contributed by atoms with Gasteiger partial charge in [-0.1, -0.05) is 30.3 Å². The molecule has 0 radical (unpaired) electrons. The maximum Gasteiger partial charge on any atom is 0.416 e. The van der Waals surface area contributed by atoms with E-state index in [9.17, 15) is 22.8 Å². The fraction of sp³-hybridized carbons (Fsp3) is 0.280. The number of nitrogens with zero attached hydrogens (tertiary/aromatic N) is 3. The van der Waals surface area contributed by atoms with Crippen LogP contribution in [0.25, 0.3) is 0 Å². The predicted molar refractivity (Wildman–Crippen MR) is 126 cm³/mol. The molecule has 0 saturated carbocycles. The van der Waals surface area contributed by atoms with Gasteiger partial charge in [0, 0.05) is 39.8 Å². The fourth-order valence-corrected chi connectivity index (χ4v) is 4.66. The summed E-state index contributed by atoms with van der Waals surface area (Å²) in [4.78, 5) is 32.1. The van der Waals surface area contributed by atoms with Crippen LogP contribution in [0.1, 0.15) is 31.2 Å². The first-order valence-corrected chi connectivity index (χ1v) is 11.7. The average molecular weight is 488 g/mol. The molecule has 0 bridgehead atoms. The maximum absolute atomic E-state index is 13.3. The largest absolute Gasteiger partial charge is 0.416 e. The number of piperazine rings is 1. The topological polar surface area (TPSA) is 43.9 Å². The molecule has 2 amide bonds. The molecule has 0 N–H and O–H groups in total. The zero-order valence-corrected chi connectivity index (χ0v) is 19.4. The number of thiophene rings is 1. The standard InChI is InChI=1S/C25H24F3N3O2S/c1-29(24(33)22-7-4-16-34-22)21-6-3-2-5-20(21)23(32)31-14-12-30(13-15-31)17-18-8-10-19(11-9-18)25(26,27)28/h2-11,16H,12-15,17H2,1H3. The number of hydrogen-bond donors (Lipinski definition) is 0. The molecule has 0 unspecified atom stereocenters. The Bertz CT molecular complexity index is 1140. The highest BCUT2D eigenvalue weighted by Crippen LogP contribution is 2.29. The van der Waals surface area contributed by atoms with E-state index < -0.39 is 11.7 Å². The lowest BCUT2D eigenvalue weighted by molar-refractivity contribution is -0.137. The molecule has 3 aromatic rings. The molecule has 0 spiro atoms. The van der Waals surface area contributed by atoms with Crippen molar-refractivity contribution in [2.75, 3.05) is 38.1 Å². The van der Waals surface area contributed by atoms with Gasteiger partial charge in [0.15, 0.2) is 0 Å². The molecule has 9 heteroatoms. The summed E-state index contributed by atoms with van der Waals surface area (Å²) >= 11 is 1.35. The van der Waals surface area contributed by atoms with Crippen molar-refractivity contribution in [3.05, 3.63) is 87.6 Å². The third-order valence-electron chi connectivity index (χ3n) is 5.88. The summed E-state index contributed by atoms with van der Waals surface area (Å²) in [6.45, 7) is 2.74. The number of carbonyl (C=O) groups excluding carboxylic acids is 2. The number of halogens is 3. The van der Waals surface area contributed by atoms with E-state index in [1.54, 1.807) is 42.3 Å². The van der Waals surface area contributed by atoms with Crippen molar-refractivity contribution in [3.63, 3.8) is 0 Å². The van der Waals surface area contributed by atoms with Gasteiger partial charge in [0.05, 0.1) is 21.7 Å². The molecule has 1 aliphatic heterocycles. The van der Waals surface area contributed by atoms with Gasteiger partial charge in [-0.15, -0.1) is 11.3 Å². The normalized spacial score (nSPS) is 14.8. The van der Waals surface area contributed by atoms with Crippen molar-refractivity contribution in [3.8, 4) is 0 Å². The van der Waals surface area contributed by atoms with Crippen LogP contribution in [-0.2, 0) is 12.7 Å². The molecule has 178 valence electrons. The summed E-state index contributed by atoms with van der Waals surface area (Å²) in [5.41, 5.74) is 1.16. The van der Waals surface area contributed by atoms with E-state index in [0.717, 1.165) is 17.7 Å². The summed E-state index contributed by atoms with van der Waals surface area (Å²) in [5, 5.41) is 1.84. The summed E-state index contributed by atoms with van der Waals surface area (Å²) in [6, 6.07) is 15.8. The third-order valence-corrected chi connectivity index (χ3v) is 6.74. The summed E-state index contributed by atoms with van der Waals surface area (Å²) in [5.74, 6) is -0.313. The molecule has 2 heterocycles. The van der Waals surface area contributed by atoms with E-state index in [1.807, 2.05) is 11.4 Å². The van der Waals surface area contributed by atoms with Crippen molar-refractivity contribution < 1.29 is 22.8 Å². The Morgan fingerprint density at radius 2 is 1.62 bits per heavy atom. The van der Waals surface area contributed by atoms with Crippen LogP contribution in [0, 0.1) is 0 Å². The second-order valence-electron chi connectivity index (χ2n) is 8.12. The van der Waals surface area contributed by atoms with Crippen molar-refractivity contribution in [1.29, 1.82) is 0 Å². The summed E-state index contributed by atoms with van der Waals surface area (Å²) in [6.07, 6.45) is -4.34. The van der Waals surface area contributed by atoms with Crippen LogP contribution >= 0.6 is 11.3 Å². The number of benzene rings is 2. The van der Waals surface area contributed by atoms with Crippen LogP contribution in [0.3, 0.4) is 0 Å². The minimum absolute atomic E-state index is 0.143. The van der Waals surface area contributed by atoms with Gasteiger partial charge in [-0.2, -0.15) is 13.2 Å². The molecule has 34 heavy (non-hydrogen) atoms. The van der Waals surface area contributed by atoms with Crippen molar-refractivity contribution in [2.45, 2.75) is 12.7 Å². The number of carbonyl (C=O) groups is 2. The number of amides is 2. The van der Waals surface area contributed by atoms with E-state index in [4.69, 9.17) is 0 Å². The molecule has 1 fully saturated rings. The molecule has 5 nitrogen and oxygen atoms in total. The van der Waals surface area contributed by atoms with E-state index in [-0.39, 0.29) is 11.8 Å². The van der Waals surface area contributed by atoms with E-state index in [0.29, 0.717) is 48.9 Å². The van der Waals surface area contributed by atoms with Gasteiger partial charge in [0.2, 0.25) is 0 Å². The summed E-state index contributed by atoms with van der Waals surface area (Å²) < 4.78 is 38.3. The Hall–Kier alpha value is -3.17. The quantitative estimate of drug-likeness (QED) is 0.509. The Labute approximate surface area is 200 Å². The van der Waals surface area contributed by atoms with Gasteiger partial charge in [-0.05, 0) is 41.3 Å². The Morgan fingerprint density at radius 1 is 0.941 bits per heavy atom. The number of alkyl halides is 3. The zero-order valence-electron chi connectivity index (χ0n) is 18.6. The van der Waals surface area contributed by atoms with Crippen LogP contribution in [0.4, 0.5) is 18.9 Å². The monoisotopic (exact) mass is 487 g/mol. The molecular weight excluding hydrogens is 463 g/mol. The van der Waals surface area contributed by atoms with Gasteiger partial charge >= 0.3 is 6.18 Å². The first kappa shape index (κ1) is 24.0. The molecule has 0 atom stereocenters. The minimum atomic E-state index is -4.34. The lowest BCUT2D eigenvalue weighted by Gasteiger charge is -2.35. The highest BCUT2D eigenvalue weighted by molar-refractivity contribution is 7.12. The highest BCUT2D eigenvalue weighted by atomic mass is 32.1. The lowest BCUT2D eigenvalue weighted by Crippen LogP contribution is -2.48. The highest BCUT2D eigenvalue weighted by Gasteiger charge is 2.30. The van der Waals surface area contributed by atoms with E-state index in [2.05, 4.69) is 4.90 Å². The van der Waals surface area contributed by atoms with E-state index in [1.165, 1.54) is 28.4 Å². The van der Waals surface area contributed by atoms with Gasteiger partial charge in [0.25, 0.3) is 11.8 Å². The number of para-hydroxylation sites is 1. The van der Waals surface area contributed by atoms with Crippen molar-refractivity contribution >= 4 is 28.8 Å². The van der Waals surface area contributed by atoms with Crippen molar-refractivity contribution in [1.82, 2.24) is 9.80 Å².